The molecule has 0 bridgehead atoms. The zero-order chi connectivity index (χ0) is 13.8. The molecular formula is C14H14N2O3. The molecule has 0 aliphatic rings. The summed E-state index contributed by atoms with van der Waals surface area (Å²) < 4.78 is 0. The number of nitrogens with one attached hydrogen (secondary N) is 2. The van der Waals surface area contributed by atoms with Gasteiger partial charge >= 0.3 is 12.0 Å². The Morgan fingerprint density at radius 1 is 1.11 bits per heavy atom. The molecule has 0 saturated carbocycles. The predicted octanol–water partition coefficient (Wildman–Crippen LogP) is 2.43. The molecule has 0 fully saturated rings. The minimum absolute atomic E-state index is 0.536. The lowest BCUT2D eigenvalue weighted by Crippen LogP contribution is -2.40. The van der Waals surface area contributed by atoms with Crippen molar-refractivity contribution in [3.63, 3.8) is 0 Å². The molecule has 0 radical (unpaired) electrons. The summed E-state index contributed by atoms with van der Waals surface area (Å²) in [5.74, 6) is -1.08. The number of carbonyl (C=O) groups excluding carboxylic acids is 1. The van der Waals surface area contributed by atoms with Crippen molar-refractivity contribution in [1.82, 2.24) is 5.32 Å². The largest absolute Gasteiger partial charge is 0.480 e. The number of carboxylic acids is 1. The highest BCUT2D eigenvalue weighted by Gasteiger charge is 2.14. The van der Waals surface area contributed by atoms with Crippen LogP contribution < -0.4 is 10.6 Å². The summed E-state index contributed by atoms with van der Waals surface area (Å²) in [4.78, 5) is 22.3. The molecule has 0 aromatic heterocycles. The monoisotopic (exact) mass is 258 g/mol. The van der Waals surface area contributed by atoms with Crippen molar-refractivity contribution in [3.05, 3.63) is 42.5 Å². The van der Waals surface area contributed by atoms with Gasteiger partial charge < -0.3 is 15.7 Å². The van der Waals surface area contributed by atoms with Crippen LogP contribution >= 0.6 is 0 Å². The minimum Gasteiger partial charge on any atom is -0.480 e. The van der Waals surface area contributed by atoms with Gasteiger partial charge in [-0.25, -0.2) is 4.79 Å². The lowest BCUT2D eigenvalue weighted by molar-refractivity contribution is -0.138. The van der Waals surface area contributed by atoms with Crippen LogP contribution in [0, 0.1) is 0 Å². The minimum atomic E-state index is -1.08. The number of anilines is 1. The highest BCUT2D eigenvalue weighted by Crippen LogP contribution is 2.22. The van der Waals surface area contributed by atoms with Crippen molar-refractivity contribution in [2.75, 3.05) is 5.32 Å². The van der Waals surface area contributed by atoms with Gasteiger partial charge in [-0.15, -0.1) is 0 Å². The van der Waals surface area contributed by atoms with Crippen LogP contribution in [0.3, 0.4) is 0 Å². The quantitative estimate of drug-likeness (QED) is 0.791. The molecule has 0 heterocycles. The van der Waals surface area contributed by atoms with Gasteiger partial charge in [0.25, 0.3) is 0 Å². The first-order chi connectivity index (χ1) is 9.08. The molecule has 0 saturated heterocycles. The maximum absolute atomic E-state index is 11.7. The summed E-state index contributed by atoms with van der Waals surface area (Å²) in [5.41, 5.74) is 0.646. The van der Waals surface area contributed by atoms with Gasteiger partial charge in [0.15, 0.2) is 0 Å². The van der Waals surface area contributed by atoms with Crippen LogP contribution in [0.1, 0.15) is 6.92 Å². The normalized spacial score (nSPS) is 11.8. The Bertz CT molecular complexity index is 620. The Morgan fingerprint density at radius 3 is 2.53 bits per heavy atom. The van der Waals surface area contributed by atoms with E-state index < -0.39 is 18.0 Å². The number of hydrogen-bond donors (Lipinski definition) is 3. The van der Waals surface area contributed by atoms with Crippen LogP contribution in [0.5, 0.6) is 0 Å². The molecule has 0 spiro atoms. The first kappa shape index (κ1) is 12.9. The second-order valence-electron chi connectivity index (χ2n) is 4.19. The standard InChI is InChI=1S/C14H14N2O3/c1-9(13(17)18)15-14(19)16-12-8-4-6-10-5-2-3-7-11(10)12/h2-9H,1H3,(H,17,18)(H2,15,16,19)/t9-/m1/s1. The predicted molar refractivity (Wildman–Crippen MR) is 73.2 cm³/mol. The highest BCUT2D eigenvalue weighted by atomic mass is 16.4. The smallest absolute Gasteiger partial charge is 0.325 e. The van der Waals surface area contributed by atoms with Crippen molar-refractivity contribution in [3.8, 4) is 0 Å². The summed E-state index contributed by atoms with van der Waals surface area (Å²) in [6, 6.07) is 11.7. The topological polar surface area (TPSA) is 78.4 Å². The Balaban J connectivity index is 2.17. The number of amides is 2. The molecule has 2 aromatic rings. The van der Waals surface area contributed by atoms with E-state index in [1.807, 2.05) is 36.4 Å². The van der Waals surface area contributed by atoms with Crippen LogP contribution in [0.4, 0.5) is 10.5 Å². The van der Waals surface area contributed by atoms with Crippen LogP contribution in [-0.2, 0) is 4.79 Å². The van der Waals surface area contributed by atoms with Gasteiger partial charge in [0.1, 0.15) is 6.04 Å². The third-order valence-electron chi connectivity index (χ3n) is 2.76. The Hall–Kier alpha value is -2.56. The summed E-state index contributed by atoms with van der Waals surface area (Å²) in [7, 11) is 0. The number of aliphatic carboxylic acids is 1. The number of fused-ring (bicyclic) bond motifs is 1. The number of urea groups is 1. The number of rotatable bonds is 3. The van der Waals surface area contributed by atoms with Gasteiger partial charge in [-0.2, -0.15) is 0 Å². The molecule has 5 nitrogen and oxygen atoms in total. The van der Waals surface area contributed by atoms with Crippen molar-refractivity contribution < 1.29 is 14.7 Å². The number of hydrogen-bond acceptors (Lipinski definition) is 2. The van der Waals surface area contributed by atoms with Crippen molar-refractivity contribution >= 4 is 28.5 Å². The molecule has 2 amide bonds. The van der Waals surface area contributed by atoms with Crippen molar-refractivity contribution in [1.29, 1.82) is 0 Å². The van der Waals surface area contributed by atoms with E-state index in [2.05, 4.69) is 10.6 Å². The number of benzene rings is 2. The second-order valence-corrected chi connectivity index (χ2v) is 4.19. The average Bonchev–Trinajstić information content (AvgIpc) is 2.39. The molecule has 2 rings (SSSR count). The number of carboxylic acid groups (broad SMARTS) is 1. The van der Waals surface area contributed by atoms with E-state index in [1.54, 1.807) is 6.07 Å². The van der Waals surface area contributed by atoms with E-state index in [0.29, 0.717) is 5.69 Å². The highest BCUT2D eigenvalue weighted by molar-refractivity contribution is 6.02. The van der Waals surface area contributed by atoms with Gasteiger partial charge in [0.2, 0.25) is 0 Å². The van der Waals surface area contributed by atoms with E-state index in [0.717, 1.165) is 10.8 Å². The molecule has 0 aliphatic carbocycles. The van der Waals surface area contributed by atoms with Crippen molar-refractivity contribution in [2.45, 2.75) is 13.0 Å². The maximum atomic E-state index is 11.7. The number of carbonyl (C=O) groups is 2. The van der Waals surface area contributed by atoms with Crippen LogP contribution in [0.15, 0.2) is 42.5 Å². The van der Waals surface area contributed by atoms with E-state index in [9.17, 15) is 9.59 Å². The summed E-state index contributed by atoms with van der Waals surface area (Å²) >= 11 is 0. The van der Waals surface area contributed by atoms with Crippen LogP contribution in [-0.4, -0.2) is 23.1 Å². The fraction of sp³-hybridized carbons (Fsp3) is 0.143. The summed E-state index contributed by atoms with van der Waals surface area (Å²) in [5, 5.41) is 15.6. The third kappa shape index (κ3) is 3.01. The molecule has 0 unspecified atom stereocenters. The molecule has 1 atom stereocenters. The maximum Gasteiger partial charge on any atom is 0.325 e. The SMILES string of the molecule is C[C@@H](NC(=O)Nc1cccc2ccccc12)C(=O)O. The molecule has 2 aromatic carbocycles. The van der Waals surface area contributed by atoms with E-state index >= 15 is 0 Å². The summed E-state index contributed by atoms with van der Waals surface area (Å²) in [6.45, 7) is 1.41. The van der Waals surface area contributed by atoms with Crippen LogP contribution in [0.2, 0.25) is 0 Å². The first-order valence-electron chi connectivity index (χ1n) is 5.86. The van der Waals surface area contributed by atoms with Gasteiger partial charge in [0.05, 0.1) is 5.69 Å². The van der Waals surface area contributed by atoms with Gasteiger partial charge in [-0.1, -0.05) is 36.4 Å². The van der Waals surface area contributed by atoms with Gasteiger partial charge in [-0.3, -0.25) is 4.79 Å². The molecule has 5 heteroatoms. The Kier molecular flexibility index (Phi) is 3.66. The zero-order valence-electron chi connectivity index (χ0n) is 10.4. The molecule has 3 N–H and O–H groups in total. The van der Waals surface area contributed by atoms with Gasteiger partial charge in [-0.05, 0) is 18.4 Å². The Morgan fingerprint density at radius 2 is 1.79 bits per heavy atom. The fourth-order valence-corrected chi connectivity index (χ4v) is 1.75. The van der Waals surface area contributed by atoms with Gasteiger partial charge in [0, 0.05) is 5.39 Å². The fourth-order valence-electron chi connectivity index (χ4n) is 1.75. The van der Waals surface area contributed by atoms with Crippen LogP contribution in [0.25, 0.3) is 10.8 Å². The first-order valence-corrected chi connectivity index (χ1v) is 5.86. The van der Waals surface area contributed by atoms with E-state index in [1.165, 1.54) is 6.92 Å². The molecule has 19 heavy (non-hydrogen) atoms. The Labute approximate surface area is 110 Å². The van der Waals surface area contributed by atoms with E-state index in [4.69, 9.17) is 5.11 Å². The molecule has 0 aliphatic heterocycles. The van der Waals surface area contributed by atoms with Crippen molar-refractivity contribution in [2.24, 2.45) is 0 Å². The van der Waals surface area contributed by atoms with E-state index in [-0.39, 0.29) is 0 Å². The molecule has 98 valence electrons. The average molecular weight is 258 g/mol. The zero-order valence-corrected chi connectivity index (χ0v) is 10.4. The summed E-state index contributed by atoms with van der Waals surface area (Å²) in [6.07, 6.45) is 0. The molecular weight excluding hydrogens is 244 g/mol. The second kappa shape index (κ2) is 5.39. The third-order valence-corrected chi connectivity index (χ3v) is 2.76. The lowest BCUT2D eigenvalue weighted by Gasteiger charge is -2.12. The lowest BCUT2D eigenvalue weighted by atomic mass is 10.1.